The van der Waals surface area contributed by atoms with Crippen LogP contribution in [0.15, 0.2) is 30.3 Å². The summed E-state index contributed by atoms with van der Waals surface area (Å²) in [7, 11) is 2.20. The summed E-state index contributed by atoms with van der Waals surface area (Å²) in [4.78, 5) is 14.4. The largest absolute Gasteiger partial charge is 0.481 e. The Morgan fingerprint density at radius 2 is 1.67 bits per heavy atom. The monoisotopic (exact) mass is 462 g/mol. The Labute approximate surface area is 194 Å². The quantitative estimate of drug-likeness (QED) is 0.693. The zero-order valence-corrected chi connectivity index (χ0v) is 20.5. The highest BCUT2D eigenvalue weighted by molar-refractivity contribution is 5.85. The van der Waals surface area contributed by atoms with Gasteiger partial charge in [-0.2, -0.15) is 0 Å². The molecule has 0 aliphatic carbocycles. The molecule has 0 radical (unpaired) electrons. The molecule has 174 valence electrons. The number of aliphatic carboxylic acids is 1. The van der Waals surface area contributed by atoms with Crippen LogP contribution in [0.3, 0.4) is 0 Å². The van der Waals surface area contributed by atoms with Gasteiger partial charge in [0.15, 0.2) is 0 Å². The van der Waals surface area contributed by atoms with Gasteiger partial charge in [-0.05, 0) is 51.9 Å². The third-order valence-electron chi connectivity index (χ3n) is 6.52. The van der Waals surface area contributed by atoms with E-state index in [4.69, 9.17) is 5.11 Å². The number of nitrogens with zero attached hydrogens (tertiary/aromatic N) is 2. The van der Waals surface area contributed by atoms with Gasteiger partial charge in [-0.3, -0.25) is 4.79 Å². The molecule has 7 heteroatoms. The summed E-state index contributed by atoms with van der Waals surface area (Å²) < 4.78 is 0. The molecule has 1 aromatic rings. The molecule has 5 nitrogen and oxygen atoms in total. The summed E-state index contributed by atoms with van der Waals surface area (Å²) in [6.07, 6.45) is 4.98. The van der Waals surface area contributed by atoms with Crippen molar-refractivity contribution >= 4 is 30.8 Å². The minimum atomic E-state index is -0.752. The van der Waals surface area contributed by atoms with E-state index in [1.807, 2.05) is 6.07 Å². The summed E-state index contributed by atoms with van der Waals surface area (Å²) in [5, 5.41) is 19.5. The van der Waals surface area contributed by atoms with Gasteiger partial charge in [0.05, 0.1) is 5.60 Å². The molecule has 3 rings (SSSR count). The van der Waals surface area contributed by atoms with E-state index in [-0.39, 0.29) is 36.6 Å². The molecule has 2 aliphatic heterocycles. The number of piperidine rings is 2. The van der Waals surface area contributed by atoms with Crippen LogP contribution in [0.1, 0.15) is 58.4 Å². The molecule has 2 heterocycles. The Bertz CT molecular complexity index is 628. The van der Waals surface area contributed by atoms with Gasteiger partial charge in [0.1, 0.15) is 0 Å². The SMILES string of the molecule is CC1CC(O)(c2ccccc2)C(C)(CN2CCCCC2)CN1C.CCC(=O)O.Cl.Cl. The van der Waals surface area contributed by atoms with Gasteiger partial charge >= 0.3 is 5.97 Å². The highest BCUT2D eigenvalue weighted by Crippen LogP contribution is 2.48. The minimum Gasteiger partial charge on any atom is -0.481 e. The summed E-state index contributed by atoms with van der Waals surface area (Å²) in [6, 6.07) is 10.7. The number of likely N-dealkylation sites (tertiary alicyclic amines) is 2. The lowest BCUT2D eigenvalue weighted by Crippen LogP contribution is -2.62. The number of aliphatic hydroxyl groups is 1. The zero-order chi connectivity index (χ0) is 20.8. The number of carboxylic acid groups (broad SMARTS) is 1. The van der Waals surface area contributed by atoms with Crippen molar-refractivity contribution in [2.75, 3.05) is 33.2 Å². The fourth-order valence-corrected chi connectivity index (χ4v) is 4.64. The van der Waals surface area contributed by atoms with Crippen molar-refractivity contribution in [2.45, 2.75) is 64.5 Å². The normalized spacial score (nSPS) is 29.6. The molecule has 2 N–H and O–H groups in total. The second kappa shape index (κ2) is 12.9. The highest BCUT2D eigenvalue weighted by atomic mass is 35.5. The Kier molecular flexibility index (Phi) is 12.5. The van der Waals surface area contributed by atoms with Crippen molar-refractivity contribution in [3.05, 3.63) is 35.9 Å². The van der Waals surface area contributed by atoms with E-state index in [1.165, 1.54) is 32.4 Å². The molecule has 0 amide bonds. The minimum absolute atomic E-state index is 0. The first-order chi connectivity index (χ1) is 13.2. The van der Waals surface area contributed by atoms with Crippen molar-refractivity contribution in [1.82, 2.24) is 9.80 Å². The third-order valence-corrected chi connectivity index (χ3v) is 6.52. The molecule has 1 aromatic carbocycles. The summed E-state index contributed by atoms with van der Waals surface area (Å²) in [5.41, 5.74) is 0.185. The maximum Gasteiger partial charge on any atom is 0.303 e. The standard InChI is InChI=1S/C20H32N2O.C3H6O2.2ClH/c1-17-14-20(23,18-10-6-4-7-11-18)19(2,15-21(17)3)16-22-12-8-5-9-13-22;1-2-3(4)5;;/h4,6-7,10-11,17,23H,5,8-9,12-16H2,1-3H3;2H2,1H3,(H,4,5);2*1H. The lowest BCUT2D eigenvalue weighted by Gasteiger charge is -2.55. The van der Waals surface area contributed by atoms with Crippen LogP contribution in [0.2, 0.25) is 0 Å². The van der Waals surface area contributed by atoms with Gasteiger partial charge in [-0.25, -0.2) is 0 Å². The number of rotatable bonds is 4. The fourth-order valence-electron chi connectivity index (χ4n) is 4.64. The van der Waals surface area contributed by atoms with E-state index in [2.05, 4.69) is 55.0 Å². The molecule has 0 saturated carbocycles. The van der Waals surface area contributed by atoms with Crippen molar-refractivity contribution in [3.63, 3.8) is 0 Å². The molecule has 0 aromatic heterocycles. The maximum absolute atomic E-state index is 11.8. The van der Waals surface area contributed by atoms with Crippen LogP contribution < -0.4 is 0 Å². The first-order valence-electron chi connectivity index (χ1n) is 10.6. The smallest absolute Gasteiger partial charge is 0.303 e. The Morgan fingerprint density at radius 3 is 2.17 bits per heavy atom. The lowest BCUT2D eigenvalue weighted by atomic mass is 9.63. The summed E-state index contributed by atoms with van der Waals surface area (Å²) >= 11 is 0. The number of hydrogen-bond acceptors (Lipinski definition) is 4. The number of hydrogen-bond donors (Lipinski definition) is 2. The first kappa shape index (κ1) is 29.1. The van der Waals surface area contributed by atoms with Crippen molar-refractivity contribution in [2.24, 2.45) is 5.41 Å². The van der Waals surface area contributed by atoms with Crippen LogP contribution in [0, 0.1) is 5.41 Å². The van der Waals surface area contributed by atoms with E-state index in [1.54, 1.807) is 6.92 Å². The zero-order valence-electron chi connectivity index (χ0n) is 18.8. The number of carbonyl (C=O) groups is 1. The molecule has 2 fully saturated rings. The predicted molar refractivity (Wildman–Crippen MR) is 128 cm³/mol. The summed E-state index contributed by atoms with van der Waals surface area (Å²) in [6.45, 7) is 10.4. The van der Waals surface area contributed by atoms with Crippen molar-refractivity contribution in [3.8, 4) is 0 Å². The van der Waals surface area contributed by atoms with Gasteiger partial charge in [-0.1, -0.05) is 50.6 Å². The van der Waals surface area contributed by atoms with E-state index < -0.39 is 11.6 Å². The molecule has 30 heavy (non-hydrogen) atoms. The van der Waals surface area contributed by atoms with E-state index in [9.17, 15) is 9.90 Å². The van der Waals surface area contributed by atoms with Crippen LogP contribution >= 0.6 is 24.8 Å². The van der Waals surface area contributed by atoms with Gasteiger partial charge < -0.3 is 20.0 Å². The van der Waals surface area contributed by atoms with Crippen LogP contribution in [0.5, 0.6) is 0 Å². The average molecular weight is 463 g/mol. The van der Waals surface area contributed by atoms with Crippen molar-refractivity contribution < 1.29 is 15.0 Å². The van der Waals surface area contributed by atoms with Gasteiger partial charge in [0.2, 0.25) is 0 Å². The summed E-state index contributed by atoms with van der Waals surface area (Å²) in [5.74, 6) is -0.745. The number of benzene rings is 1. The van der Waals surface area contributed by atoms with Crippen LogP contribution in [-0.2, 0) is 10.4 Å². The number of carboxylic acids is 1. The fraction of sp³-hybridized carbons (Fsp3) is 0.696. The van der Waals surface area contributed by atoms with E-state index in [0.717, 1.165) is 25.1 Å². The van der Waals surface area contributed by atoms with E-state index in [0.29, 0.717) is 6.04 Å². The molecular formula is C23H40Cl2N2O3. The molecule has 0 spiro atoms. The average Bonchev–Trinajstić information content (AvgIpc) is 2.68. The third kappa shape index (κ3) is 7.10. The van der Waals surface area contributed by atoms with E-state index >= 15 is 0 Å². The molecule has 3 unspecified atom stereocenters. The molecular weight excluding hydrogens is 423 g/mol. The van der Waals surface area contributed by atoms with Gasteiger partial charge in [-0.15, -0.1) is 24.8 Å². The van der Waals surface area contributed by atoms with Gasteiger partial charge in [0, 0.05) is 31.0 Å². The second-order valence-electron chi connectivity index (χ2n) is 8.84. The lowest BCUT2D eigenvalue weighted by molar-refractivity contribution is -0.155. The van der Waals surface area contributed by atoms with Crippen LogP contribution in [0.4, 0.5) is 0 Å². The topological polar surface area (TPSA) is 64.0 Å². The van der Waals surface area contributed by atoms with Gasteiger partial charge in [0.25, 0.3) is 0 Å². The molecule has 0 bridgehead atoms. The number of halogens is 2. The maximum atomic E-state index is 11.8. The van der Waals surface area contributed by atoms with Crippen LogP contribution in [0.25, 0.3) is 0 Å². The second-order valence-corrected chi connectivity index (χ2v) is 8.84. The Hall–Kier alpha value is -0.850. The molecule has 2 saturated heterocycles. The predicted octanol–water partition coefficient (Wildman–Crippen LogP) is 4.42. The van der Waals surface area contributed by atoms with Crippen LogP contribution in [-0.4, -0.2) is 65.3 Å². The molecule has 3 atom stereocenters. The Morgan fingerprint density at radius 1 is 1.13 bits per heavy atom. The van der Waals surface area contributed by atoms with Crippen molar-refractivity contribution in [1.29, 1.82) is 0 Å². The highest BCUT2D eigenvalue weighted by Gasteiger charge is 2.53. The Balaban J connectivity index is 0.00000108. The molecule has 2 aliphatic rings. The first-order valence-corrected chi connectivity index (χ1v) is 10.6.